The first-order valence-electron chi connectivity index (χ1n) is 4.94. The average Bonchev–Trinajstić information content (AvgIpc) is 2.17. The lowest BCUT2D eigenvalue weighted by atomic mass is 9.95. The minimum absolute atomic E-state index is 0.0982. The summed E-state index contributed by atoms with van der Waals surface area (Å²) in [6.07, 6.45) is 0. The van der Waals surface area contributed by atoms with Crippen molar-refractivity contribution in [2.24, 2.45) is 5.73 Å². The third-order valence-electron chi connectivity index (χ3n) is 2.64. The van der Waals surface area contributed by atoms with Gasteiger partial charge in [0.05, 0.1) is 0 Å². The van der Waals surface area contributed by atoms with Crippen LogP contribution in [0.3, 0.4) is 0 Å². The Morgan fingerprint density at radius 2 is 1.79 bits per heavy atom. The molecule has 0 saturated carbocycles. The molecule has 0 aliphatic carbocycles. The van der Waals surface area contributed by atoms with Gasteiger partial charge in [0.25, 0.3) is 0 Å². The Hall–Kier alpha value is -1.34. The van der Waals surface area contributed by atoms with E-state index in [1.807, 2.05) is 6.92 Å². The van der Waals surface area contributed by atoms with Crippen molar-refractivity contribution in [1.29, 1.82) is 0 Å². The Morgan fingerprint density at radius 3 is 2.50 bits per heavy atom. The molecule has 2 N–H and O–H groups in total. The number of rotatable bonds is 1. The summed E-state index contributed by atoms with van der Waals surface area (Å²) in [6, 6.07) is 12.8. The fraction of sp³-hybridized carbons (Fsp3) is 0.231. The van der Waals surface area contributed by atoms with Crippen LogP contribution in [0.4, 0.5) is 0 Å². The number of aryl methyl sites for hydroxylation is 1. The number of fused-ring (bicyclic) bond motifs is 1. The first-order valence-corrected chi connectivity index (χ1v) is 4.94. The monoisotopic (exact) mass is 185 g/mol. The highest BCUT2D eigenvalue weighted by Gasteiger charge is 2.07. The van der Waals surface area contributed by atoms with Crippen LogP contribution in [0.15, 0.2) is 36.4 Å². The summed E-state index contributed by atoms with van der Waals surface area (Å²) >= 11 is 0. The van der Waals surface area contributed by atoms with E-state index in [4.69, 9.17) is 5.73 Å². The predicted molar refractivity (Wildman–Crippen MR) is 61.3 cm³/mol. The van der Waals surface area contributed by atoms with Crippen molar-refractivity contribution in [3.8, 4) is 0 Å². The van der Waals surface area contributed by atoms with Crippen LogP contribution < -0.4 is 5.73 Å². The molecule has 0 fully saturated rings. The Morgan fingerprint density at radius 1 is 1.07 bits per heavy atom. The predicted octanol–water partition coefficient (Wildman–Crippen LogP) is 3.17. The maximum absolute atomic E-state index is 5.98. The van der Waals surface area contributed by atoms with E-state index in [0.717, 1.165) is 0 Å². The molecular formula is C13H15N. The van der Waals surface area contributed by atoms with Crippen LogP contribution in [-0.2, 0) is 0 Å². The van der Waals surface area contributed by atoms with Crippen LogP contribution in [0.5, 0.6) is 0 Å². The van der Waals surface area contributed by atoms with Crippen molar-refractivity contribution in [1.82, 2.24) is 0 Å². The van der Waals surface area contributed by atoms with Crippen LogP contribution in [0, 0.1) is 6.92 Å². The molecule has 72 valence electrons. The van der Waals surface area contributed by atoms with Crippen LogP contribution in [-0.4, -0.2) is 0 Å². The van der Waals surface area contributed by atoms with E-state index in [-0.39, 0.29) is 6.04 Å². The van der Waals surface area contributed by atoms with Gasteiger partial charge in [0, 0.05) is 6.04 Å². The summed E-state index contributed by atoms with van der Waals surface area (Å²) in [6.45, 7) is 4.15. The van der Waals surface area contributed by atoms with Crippen LogP contribution in [0.2, 0.25) is 0 Å². The molecule has 0 spiro atoms. The second kappa shape index (κ2) is 3.43. The molecule has 1 nitrogen and oxygen atoms in total. The molecule has 0 heterocycles. The Kier molecular flexibility index (Phi) is 2.26. The summed E-state index contributed by atoms with van der Waals surface area (Å²) in [4.78, 5) is 0. The van der Waals surface area contributed by atoms with Gasteiger partial charge < -0.3 is 5.73 Å². The highest BCUT2D eigenvalue weighted by molar-refractivity contribution is 5.87. The molecule has 2 aromatic rings. The zero-order chi connectivity index (χ0) is 10.1. The maximum atomic E-state index is 5.98. The molecule has 14 heavy (non-hydrogen) atoms. The average molecular weight is 185 g/mol. The Bertz CT molecular complexity index is 458. The molecule has 1 unspecified atom stereocenters. The second-order valence-corrected chi connectivity index (χ2v) is 3.81. The molecule has 0 aliphatic heterocycles. The third-order valence-corrected chi connectivity index (χ3v) is 2.64. The van der Waals surface area contributed by atoms with Gasteiger partial charge in [-0.2, -0.15) is 0 Å². The van der Waals surface area contributed by atoms with Gasteiger partial charge in [-0.25, -0.2) is 0 Å². The van der Waals surface area contributed by atoms with Crippen molar-refractivity contribution in [2.45, 2.75) is 19.9 Å². The van der Waals surface area contributed by atoms with Crippen molar-refractivity contribution >= 4 is 10.8 Å². The molecule has 2 aromatic carbocycles. The quantitative estimate of drug-likeness (QED) is 0.725. The minimum Gasteiger partial charge on any atom is -0.324 e. The number of hydrogen-bond donors (Lipinski definition) is 1. The van der Waals surface area contributed by atoms with E-state index in [9.17, 15) is 0 Å². The highest BCUT2D eigenvalue weighted by atomic mass is 14.6. The van der Waals surface area contributed by atoms with Crippen molar-refractivity contribution in [3.63, 3.8) is 0 Å². The molecule has 0 saturated heterocycles. The van der Waals surface area contributed by atoms with Crippen LogP contribution in [0.1, 0.15) is 24.1 Å². The first kappa shape index (κ1) is 9.22. The largest absolute Gasteiger partial charge is 0.324 e. The summed E-state index contributed by atoms with van der Waals surface area (Å²) in [5, 5.41) is 2.55. The van der Waals surface area contributed by atoms with Gasteiger partial charge in [0.2, 0.25) is 0 Å². The topological polar surface area (TPSA) is 26.0 Å². The van der Waals surface area contributed by atoms with Gasteiger partial charge in [-0.05, 0) is 35.7 Å². The lowest BCUT2D eigenvalue weighted by Crippen LogP contribution is -2.07. The SMILES string of the molecule is Cc1ccc2ccccc2c1C(C)N. The van der Waals surface area contributed by atoms with E-state index in [0.29, 0.717) is 0 Å². The smallest absolute Gasteiger partial charge is 0.0274 e. The van der Waals surface area contributed by atoms with Gasteiger partial charge in [-0.1, -0.05) is 36.4 Å². The molecule has 0 aliphatic rings. The highest BCUT2D eigenvalue weighted by Crippen LogP contribution is 2.25. The number of nitrogens with two attached hydrogens (primary N) is 1. The molecule has 1 heteroatoms. The van der Waals surface area contributed by atoms with Crippen LogP contribution in [0.25, 0.3) is 10.8 Å². The number of benzene rings is 2. The van der Waals surface area contributed by atoms with Gasteiger partial charge in [0.15, 0.2) is 0 Å². The molecular weight excluding hydrogens is 170 g/mol. The van der Waals surface area contributed by atoms with Gasteiger partial charge in [0.1, 0.15) is 0 Å². The standard InChI is InChI=1S/C13H15N/c1-9-7-8-11-5-3-4-6-12(11)13(9)10(2)14/h3-8,10H,14H2,1-2H3. The van der Waals surface area contributed by atoms with E-state index >= 15 is 0 Å². The van der Waals surface area contributed by atoms with E-state index in [1.165, 1.54) is 21.9 Å². The van der Waals surface area contributed by atoms with Crippen LogP contribution >= 0.6 is 0 Å². The molecule has 0 amide bonds. The second-order valence-electron chi connectivity index (χ2n) is 3.81. The van der Waals surface area contributed by atoms with Gasteiger partial charge in [-0.15, -0.1) is 0 Å². The van der Waals surface area contributed by atoms with Crippen molar-refractivity contribution in [2.75, 3.05) is 0 Å². The van der Waals surface area contributed by atoms with E-state index in [1.54, 1.807) is 0 Å². The summed E-state index contributed by atoms with van der Waals surface area (Å²) in [5.41, 5.74) is 8.52. The normalized spacial score (nSPS) is 13.1. The molecule has 0 radical (unpaired) electrons. The van der Waals surface area contributed by atoms with Crippen molar-refractivity contribution in [3.05, 3.63) is 47.5 Å². The molecule has 0 bridgehead atoms. The third kappa shape index (κ3) is 1.40. The fourth-order valence-corrected chi connectivity index (χ4v) is 2.01. The molecule has 1 atom stereocenters. The van der Waals surface area contributed by atoms with Gasteiger partial charge in [-0.3, -0.25) is 0 Å². The Balaban J connectivity index is 2.83. The van der Waals surface area contributed by atoms with E-state index in [2.05, 4.69) is 43.3 Å². The van der Waals surface area contributed by atoms with Crippen molar-refractivity contribution < 1.29 is 0 Å². The number of hydrogen-bond acceptors (Lipinski definition) is 1. The lowest BCUT2D eigenvalue weighted by Gasteiger charge is -2.13. The first-order chi connectivity index (χ1) is 6.70. The maximum Gasteiger partial charge on any atom is 0.0274 e. The molecule has 2 rings (SSSR count). The Labute approximate surface area is 84.5 Å². The summed E-state index contributed by atoms with van der Waals surface area (Å²) < 4.78 is 0. The van der Waals surface area contributed by atoms with Gasteiger partial charge >= 0.3 is 0 Å². The zero-order valence-electron chi connectivity index (χ0n) is 8.62. The summed E-state index contributed by atoms with van der Waals surface area (Å²) in [7, 11) is 0. The minimum atomic E-state index is 0.0982. The summed E-state index contributed by atoms with van der Waals surface area (Å²) in [5.74, 6) is 0. The molecule has 0 aromatic heterocycles. The zero-order valence-corrected chi connectivity index (χ0v) is 8.62. The van der Waals surface area contributed by atoms with E-state index < -0.39 is 0 Å². The lowest BCUT2D eigenvalue weighted by molar-refractivity contribution is 0.819. The fourth-order valence-electron chi connectivity index (χ4n) is 2.01.